The van der Waals surface area contributed by atoms with Gasteiger partial charge in [0.2, 0.25) is 0 Å². The van der Waals surface area contributed by atoms with Gasteiger partial charge in [0.25, 0.3) is 0 Å². The molecular weight excluding hydrogens is 270 g/mol. The normalized spacial score (nSPS) is 15.7. The Labute approximate surface area is 127 Å². The topological polar surface area (TPSA) is 41.5 Å². The predicted octanol–water partition coefficient (Wildman–Crippen LogP) is 3.24. The molecule has 114 valence electrons. The summed E-state index contributed by atoms with van der Waals surface area (Å²) in [6.45, 7) is 7.41. The highest BCUT2D eigenvalue weighted by atomic mass is 32.2. The number of nitrogens with one attached hydrogen (secondary N) is 1. The molecule has 0 aliphatic rings. The van der Waals surface area contributed by atoms with Crippen molar-refractivity contribution < 1.29 is 9.84 Å². The summed E-state index contributed by atoms with van der Waals surface area (Å²) in [5, 5.41) is 13.5. The van der Waals surface area contributed by atoms with Gasteiger partial charge < -0.3 is 15.2 Å². The van der Waals surface area contributed by atoms with Crippen LogP contribution in [-0.4, -0.2) is 35.9 Å². The molecule has 0 fully saturated rings. The van der Waals surface area contributed by atoms with Gasteiger partial charge in [-0.15, -0.1) is 0 Å². The Morgan fingerprint density at radius 1 is 1.35 bits per heavy atom. The average molecular weight is 297 g/mol. The number of aliphatic hydroxyl groups is 1. The van der Waals surface area contributed by atoms with E-state index in [0.717, 1.165) is 24.5 Å². The van der Waals surface area contributed by atoms with Crippen LogP contribution in [-0.2, 0) is 0 Å². The van der Waals surface area contributed by atoms with Crippen molar-refractivity contribution in [2.75, 3.05) is 25.2 Å². The number of rotatable bonds is 9. The molecule has 2 atom stereocenters. The fourth-order valence-corrected chi connectivity index (χ4v) is 2.65. The molecule has 0 radical (unpaired) electrons. The minimum Gasteiger partial charge on any atom is -0.494 e. The average Bonchev–Trinajstić information content (AvgIpc) is 2.43. The van der Waals surface area contributed by atoms with Crippen molar-refractivity contribution in [1.29, 1.82) is 0 Å². The summed E-state index contributed by atoms with van der Waals surface area (Å²) in [6, 6.07) is 8.37. The molecule has 1 aromatic rings. The van der Waals surface area contributed by atoms with E-state index in [4.69, 9.17) is 4.74 Å². The molecule has 0 heterocycles. The van der Waals surface area contributed by atoms with E-state index in [9.17, 15) is 5.11 Å². The molecule has 0 aromatic heterocycles. The van der Waals surface area contributed by atoms with Crippen LogP contribution in [0.3, 0.4) is 0 Å². The molecular formula is C16H27NO2S. The Kier molecular flexibility index (Phi) is 7.41. The van der Waals surface area contributed by atoms with E-state index in [1.54, 1.807) is 11.8 Å². The second-order valence-electron chi connectivity index (χ2n) is 5.45. The Hall–Kier alpha value is -0.710. The van der Waals surface area contributed by atoms with E-state index < -0.39 is 5.60 Å². The minimum absolute atomic E-state index is 0.212. The predicted molar refractivity (Wildman–Crippen MR) is 87.7 cm³/mol. The molecule has 0 bridgehead atoms. The lowest BCUT2D eigenvalue weighted by Crippen LogP contribution is -2.40. The van der Waals surface area contributed by atoms with Gasteiger partial charge in [-0.1, -0.05) is 19.1 Å². The van der Waals surface area contributed by atoms with Crippen LogP contribution in [0.5, 0.6) is 5.75 Å². The van der Waals surface area contributed by atoms with Gasteiger partial charge in [0.1, 0.15) is 5.75 Å². The van der Waals surface area contributed by atoms with Crippen molar-refractivity contribution in [1.82, 2.24) is 5.32 Å². The number of thioether (sulfide) groups is 1. The largest absolute Gasteiger partial charge is 0.494 e. The SMILES string of the molecule is CCCOc1ccc(C(C)NCC(C)(O)CSC)cc1. The Morgan fingerprint density at radius 2 is 2.00 bits per heavy atom. The Morgan fingerprint density at radius 3 is 2.55 bits per heavy atom. The fraction of sp³-hybridized carbons (Fsp3) is 0.625. The van der Waals surface area contributed by atoms with Crippen LogP contribution in [0.4, 0.5) is 0 Å². The number of hydrogen-bond donors (Lipinski definition) is 2. The second kappa shape index (κ2) is 8.55. The maximum atomic E-state index is 10.1. The van der Waals surface area contributed by atoms with Gasteiger partial charge in [-0.25, -0.2) is 0 Å². The fourth-order valence-electron chi connectivity index (χ4n) is 1.93. The summed E-state index contributed by atoms with van der Waals surface area (Å²) in [6.07, 6.45) is 3.02. The summed E-state index contributed by atoms with van der Waals surface area (Å²) in [7, 11) is 0. The maximum Gasteiger partial charge on any atom is 0.119 e. The van der Waals surface area contributed by atoms with Crippen LogP contribution in [0, 0.1) is 0 Å². The van der Waals surface area contributed by atoms with Gasteiger partial charge in [0.05, 0.1) is 12.2 Å². The molecule has 0 aliphatic heterocycles. The van der Waals surface area contributed by atoms with Gasteiger partial charge >= 0.3 is 0 Å². The van der Waals surface area contributed by atoms with Crippen LogP contribution in [0.1, 0.15) is 38.8 Å². The van der Waals surface area contributed by atoms with Gasteiger partial charge in [-0.2, -0.15) is 11.8 Å². The van der Waals surface area contributed by atoms with Gasteiger partial charge in [0, 0.05) is 18.3 Å². The van der Waals surface area contributed by atoms with Gasteiger partial charge in [-0.3, -0.25) is 0 Å². The molecule has 2 unspecified atom stereocenters. The molecule has 1 rings (SSSR count). The zero-order chi connectivity index (χ0) is 15.0. The smallest absolute Gasteiger partial charge is 0.119 e. The van der Waals surface area contributed by atoms with E-state index in [0.29, 0.717) is 6.54 Å². The van der Waals surface area contributed by atoms with Crippen molar-refractivity contribution in [3.05, 3.63) is 29.8 Å². The first-order chi connectivity index (χ1) is 9.48. The van der Waals surface area contributed by atoms with Crippen LogP contribution < -0.4 is 10.1 Å². The summed E-state index contributed by atoms with van der Waals surface area (Å²) in [4.78, 5) is 0. The van der Waals surface area contributed by atoms with Gasteiger partial charge in [0.15, 0.2) is 0 Å². The zero-order valence-electron chi connectivity index (χ0n) is 13.0. The molecule has 0 saturated heterocycles. The standard InChI is InChI=1S/C16H27NO2S/c1-5-10-19-15-8-6-14(7-9-15)13(2)17-11-16(3,18)12-20-4/h6-9,13,17-18H,5,10-12H2,1-4H3. The first-order valence-corrected chi connectivity index (χ1v) is 8.55. The highest BCUT2D eigenvalue weighted by Crippen LogP contribution is 2.19. The quantitative estimate of drug-likeness (QED) is 0.734. The molecule has 0 saturated carbocycles. The van der Waals surface area contributed by atoms with Crippen molar-refractivity contribution in [2.45, 2.75) is 38.8 Å². The van der Waals surface area contributed by atoms with E-state index in [2.05, 4.69) is 31.3 Å². The number of hydrogen-bond acceptors (Lipinski definition) is 4. The molecule has 4 heteroatoms. The lowest BCUT2D eigenvalue weighted by molar-refractivity contribution is 0.0820. The Balaban J connectivity index is 2.49. The molecule has 1 aromatic carbocycles. The van der Waals surface area contributed by atoms with Crippen molar-refractivity contribution in [2.24, 2.45) is 0 Å². The van der Waals surface area contributed by atoms with Crippen molar-refractivity contribution in [3.8, 4) is 5.75 Å². The highest BCUT2D eigenvalue weighted by Gasteiger charge is 2.20. The second-order valence-corrected chi connectivity index (χ2v) is 6.32. The molecule has 0 aliphatic carbocycles. The highest BCUT2D eigenvalue weighted by molar-refractivity contribution is 7.98. The number of benzene rings is 1. The van der Waals surface area contributed by atoms with Crippen LogP contribution >= 0.6 is 11.8 Å². The summed E-state index contributed by atoms with van der Waals surface area (Å²) >= 11 is 1.66. The van der Waals surface area contributed by atoms with Gasteiger partial charge in [-0.05, 0) is 44.2 Å². The molecule has 2 N–H and O–H groups in total. The lowest BCUT2D eigenvalue weighted by atomic mass is 10.1. The lowest BCUT2D eigenvalue weighted by Gasteiger charge is -2.25. The van der Waals surface area contributed by atoms with E-state index in [1.165, 1.54) is 5.56 Å². The summed E-state index contributed by atoms with van der Waals surface area (Å²) in [5.41, 5.74) is 0.534. The molecule has 20 heavy (non-hydrogen) atoms. The summed E-state index contributed by atoms with van der Waals surface area (Å²) < 4.78 is 5.57. The first-order valence-electron chi connectivity index (χ1n) is 7.16. The summed E-state index contributed by atoms with van der Waals surface area (Å²) in [5.74, 6) is 1.65. The van der Waals surface area contributed by atoms with Crippen LogP contribution in [0.2, 0.25) is 0 Å². The third kappa shape index (κ3) is 6.16. The van der Waals surface area contributed by atoms with Crippen LogP contribution in [0.15, 0.2) is 24.3 Å². The minimum atomic E-state index is -0.669. The van der Waals surface area contributed by atoms with E-state index in [1.807, 2.05) is 25.3 Å². The monoisotopic (exact) mass is 297 g/mol. The third-order valence-electron chi connectivity index (χ3n) is 3.10. The molecule has 3 nitrogen and oxygen atoms in total. The van der Waals surface area contributed by atoms with E-state index in [-0.39, 0.29) is 6.04 Å². The maximum absolute atomic E-state index is 10.1. The van der Waals surface area contributed by atoms with Crippen molar-refractivity contribution >= 4 is 11.8 Å². The van der Waals surface area contributed by atoms with E-state index >= 15 is 0 Å². The molecule has 0 spiro atoms. The zero-order valence-corrected chi connectivity index (χ0v) is 13.8. The Bertz CT molecular complexity index is 379. The molecule has 0 amide bonds. The number of ether oxygens (including phenoxy) is 1. The third-order valence-corrected chi connectivity index (χ3v) is 4.01. The van der Waals surface area contributed by atoms with Crippen LogP contribution in [0.25, 0.3) is 0 Å². The van der Waals surface area contributed by atoms with Crippen molar-refractivity contribution in [3.63, 3.8) is 0 Å². The first kappa shape index (κ1) is 17.3.